The maximum absolute atomic E-state index is 6.52. The highest BCUT2D eigenvalue weighted by atomic mass is 28.4. The fraction of sp³-hybridized carbons (Fsp3) is 0.444. The number of rotatable bonds is 5. The van der Waals surface area contributed by atoms with Crippen molar-refractivity contribution in [2.45, 2.75) is 38.9 Å². The van der Waals surface area contributed by atoms with E-state index in [1.54, 1.807) is 7.11 Å². The Morgan fingerprint density at radius 2 is 1.73 bits per heavy atom. The Balaban J connectivity index is 2.46. The molecular weight excluding hydrogens is 292 g/mol. The second-order valence-electron chi connectivity index (χ2n) is 7.06. The minimum atomic E-state index is -1.90. The molecule has 0 aromatic heterocycles. The molecule has 0 heterocycles. The maximum atomic E-state index is 6.52. The van der Waals surface area contributed by atoms with E-state index in [0.29, 0.717) is 0 Å². The molecule has 0 radical (unpaired) electrons. The first-order valence-electron chi connectivity index (χ1n) is 7.58. The van der Waals surface area contributed by atoms with Crippen LogP contribution >= 0.6 is 0 Å². The topological polar surface area (TPSA) is 27.7 Å². The SMILES string of the molecule is COCOc1cc(O[Si](C)(C)C(C)(C)C)c2ccccc2c1. The lowest BCUT2D eigenvalue weighted by molar-refractivity contribution is 0.0511. The zero-order valence-electron chi connectivity index (χ0n) is 14.4. The van der Waals surface area contributed by atoms with Crippen LogP contribution in [0.25, 0.3) is 10.8 Å². The van der Waals surface area contributed by atoms with Crippen molar-refractivity contribution >= 4 is 19.1 Å². The van der Waals surface area contributed by atoms with Crippen molar-refractivity contribution in [3.63, 3.8) is 0 Å². The molecule has 0 atom stereocenters. The van der Waals surface area contributed by atoms with Gasteiger partial charge in [-0.15, -0.1) is 0 Å². The molecule has 0 N–H and O–H groups in total. The molecule has 4 heteroatoms. The molecule has 120 valence electrons. The fourth-order valence-corrected chi connectivity index (χ4v) is 3.00. The van der Waals surface area contributed by atoms with E-state index in [4.69, 9.17) is 13.9 Å². The van der Waals surface area contributed by atoms with E-state index >= 15 is 0 Å². The Morgan fingerprint density at radius 3 is 2.36 bits per heavy atom. The van der Waals surface area contributed by atoms with Crippen LogP contribution in [0.15, 0.2) is 36.4 Å². The van der Waals surface area contributed by atoms with Gasteiger partial charge in [0.05, 0.1) is 0 Å². The van der Waals surface area contributed by atoms with E-state index in [1.165, 1.54) is 0 Å². The van der Waals surface area contributed by atoms with Gasteiger partial charge in [-0.25, -0.2) is 0 Å². The Labute approximate surface area is 134 Å². The number of hydrogen-bond donors (Lipinski definition) is 0. The molecule has 2 aromatic rings. The largest absolute Gasteiger partial charge is 0.543 e. The summed E-state index contributed by atoms with van der Waals surface area (Å²) in [7, 11) is -0.285. The van der Waals surface area contributed by atoms with Gasteiger partial charge in [-0.2, -0.15) is 0 Å². The van der Waals surface area contributed by atoms with Gasteiger partial charge in [0.15, 0.2) is 6.79 Å². The van der Waals surface area contributed by atoms with Gasteiger partial charge in [0.2, 0.25) is 0 Å². The van der Waals surface area contributed by atoms with Gasteiger partial charge in [0.1, 0.15) is 11.5 Å². The first-order chi connectivity index (χ1) is 10.2. The van der Waals surface area contributed by atoms with Crippen molar-refractivity contribution in [1.82, 2.24) is 0 Å². The normalized spacial score (nSPS) is 12.5. The Kier molecular flexibility index (Phi) is 4.83. The lowest BCUT2D eigenvalue weighted by Crippen LogP contribution is -2.43. The van der Waals surface area contributed by atoms with Crippen LogP contribution in [-0.2, 0) is 4.74 Å². The van der Waals surface area contributed by atoms with Crippen LogP contribution in [0, 0.1) is 0 Å². The molecule has 0 fully saturated rings. The van der Waals surface area contributed by atoms with Crippen LogP contribution in [0.5, 0.6) is 11.5 Å². The highest BCUT2D eigenvalue weighted by Crippen LogP contribution is 2.40. The van der Waals surface area contributed by atoms with Crippen molar-refractivity contribution in [1.29, 1.82) is 0 Å². The number of benzene rings is 2. The average molecular weight is 318 g/mol. The summed E-state index contributed by atoms with van der Waals surface area (Å²) >= 11 is 0. The molecule has 0 bridgehead atoms. The number of ether oxygens (including phenoxy) is 2. The molecule has 0 amide bonds. The van der Waals surface area contributed by atoms with Crippen molar-refractivity contribution in [2.24, 2.45) is 0 Å². The Hall–Kier alpha value is -1.52. The fourth-order valence-electron chi connectivity index (χ4n) is 1.97. The molecule has 0 saturated heterocycles. The van der Waals surface area contributed by atoms with Crippen LogP contribution in [0.3, 0.4) is 0 Å². The maximum Gasteiger partial charge on any atom is 0.250 e. The summed E-state index contributed by atoms with van der Waals surface area (Å²) in [5, 5.41) is 2.39. The van der Waals surface area contributed by atoms with Crippen molar-refractivity contribution < 1.29 is 13.9 Å². The lowest BCUT2D eigenvalue weighted by atomic mass is 10.1. The van der Waals surface area contributed by atoms with Crippen LogP contribution in [-0.4, -0.2) is 22.2 Å². The molecule has 0 saturated carbocycles. The Morgan fingerprint density at radius 1 is 1.05 bits per heavy atom. The minimum absolute atomic E-state index is 0.150. The second kappa shape index (κ2) is 6.30. The summed E-state index contributed by atoms with van der Waals surface area (Å²) < 4.78 is 17.1. The summed E-state index contributed by atoms with van der Waals surface area (Å²) in [5.74, 6) is 1.67. The zero-order valence-corrected chi connectivity index (χ0v) is 15.4. The van der Waals surface area contributed by atoms with E-state index < -0.39 is 8.32 Å². The Bertz CT molecular complexity index is 644. The van der Waals surface area contributed by atoms with Crippen molar-refractivity contribution in [3.05, 3.63) is 36.4 Å². The van der Waals surface area contributed by atoms with Gasteiger partial charge >= 0.3 is 0 Å². The van der Waals surface area contributed by atoms with E-state index in [1.807, 2.05) is 24.3 Å². The monoisotopic (exact) mass is 318 g/mol. The third-order valence-electron chi connectivity index (χ3n) is 4.31. The highest BCUT2D eigenvalue weighted by Gasteiger charge is 2.39. The van der Waals surface area contributed by atoms with Gasteiger partial charge in [-0.3, -0.25) is 0 Å². The predicted octanol–water partition coefficient (Wildman–Crippen LogP) is 5.21. The number of methoxy groups -OCH3 is 1. The van der Waals surface area contributed by atoms with E-state index in [2.05, 4.69) is 46.0 Å². The summed E-state index contributed by atoms with van der Waals surface area (Å²) in [6.07, 6.45) is 0. The quantitative estimate of drug-likeness (QED) is 0.560. The zero-order chi connectivity index (χ0) is 16.4. The van der Waals surface area contributed by atoms with Gasteiger partial charge in [0.25, 0.3) is 8.32 Å². The molecule has 22 heavy (non-hydrogen) atoms. The minimum Gasteiger partial charge on any atom is -0.543 e. The molecular formula is C18H26O3Si. The van der Waals surface area contributed by atoms with E-state index in [-0.39, 0.29) is 11.8 Å². The van der Waals surface area contributed by atoms with Crippen molar-refractivity contribution in [3.8, 4) is 11.5 Å². The molecule has 0 unspecified atom stereocenters. The van der Waals surface area contributed by atoms with Gasteiger partial charge in [0, 0.05) is 18.6 Å². The first kappa shape index (κ1) is 16.8. The van der Waals surface area contributed by atoms with Gasteiger partial charge in [-0.05, 0) is 29.6 Å². The molecule has 0 aliphatic heterocycles. The third-order valence-corrected chi connectivity index (χ3v) is 8.65. The second-order valence-corrected chi connectivity index (χ2v) is 11.8. The first-order valence-corrected chi connectivity index (χ1v) is 10.5. The van der Waals surface area contributed by atoms with Crippen LogP contribution in [0.4, 0.5) is 0 Å². The lowest BCUT2D eigenvalue weighted by Gasteiger charge is -2.36. The summed E-state index contributed by atoms with van der Waals surface area (Å²) in [4.78, 5) is 0. The summed E-state index contributed by atoms with van der Waals surface area (Å²) in [5.41, 5.74) is 0. The molecule has 2 rings (SSSR count). The standard InChI is InChI=1S/C18H26O3Si/c1-18(2,3)22(5,6)21-17-12-15(20-13-19-4)11-14-9-7-8-10-16(14)17/h7-12H,13H2,1-6H3. The van der Waals surface area contributed by atoms with Gasteiger partial charge in [-0.1, -0.05) is 45.0 Å². The molecule has 3 nitrogen and oxygen atoms in total. The van der Waals surface area contributed by atoms with Crippen LogP contribution in [0.2, 0.25) is 18.1 Å². The van der Waals surface area contributed by atoms with E-state index in [9.17, 15) is 0 Å². The smallest absolute Gasteiger partial charge is 0.250 e. The molecule has 0 aliphatic rings. The van der Waals surface area contributed by atoms with Crippen LogP contribution < -0.4 is 9.16 Å². The number of hydrogen-bond acceptors (Lipinski definition) is 3. The van der Waals surface area contributed by atoms with E-state index in [0.717, 1.165) is 22.3 Å². The summed E-state index contributed by atoms with van der Waals surface area (Å²) in [6.45, 7) is 11.5. The highest BCUT2D eigenvalue weighted by molar-refractivity contribution is 6.74. The molecule has 2 aromatic carbocycles. The van der Waals surface area contributed by atoms with Crippen LogP contribution in [0.1, 0.15) is 20.8 Å². The summed E-state index contributed by atoms with van der Waals surface area (Å²) in [6, 6.07) is 12.2. The third kappa shape index (κ3) is 3.62. The van der Waals surface area contributed by atoms with Gasteiger partial charge < -0.3 is 13.9 Å². The average Bonchev–Trinajstić information content (AvgIpc) is 2.43. The van der Waals surface area contributed by atoms with Crippen molar-refractivity contribution in [2.75, 3.05) is 13.9 Å². The predicted molar refractivity (Wildman–Crippen MR) is 94.3 cm³/mol. The molecule has 0 spiro atoms. The number of fused-ring (bicyclic) bond motifs is 1. The molecule has 0 aliphatic carbocycles.